The minimum Gasteiger partial charge on any atom is -0.370 e. The van der Waals surface area contributed by atoms with E-state index >= 15 is 0 Å². The third-order valence-electron chi connectivity index (χ3n) is 2.86. The lowest BCUT2D eigenvalue weighted by Gasteiger charge is -2.16. The predicted molar refractivity (Wildman–Crippen MR) is 77.7 cm³/mol. The number of aromatic nitrogens is 1. The highest BCUT2D eigenvalue weighted by atomic mass is 32.2. The molecule has 0 radical (unpaired) electrons. The minimum absolute atomic E-state index is 0.0107. The zero-order valence-corrected chi connectivity index (χ0v) is 12.6. The van der Waals surface area contributed by atoms with Gasteiger partial charge in [-0.25, -0.2) is 18.1 Å². The van der Waals surface area contributed by atoms with Crippen molar-refractivity contribution in [3.05, 3.63) is 18.3 Å². The highest BCUT2D eigenvalue weighted by Gasteiger charge is 2.18. The fourth-order valence-electron chi connectivity index (χ4n) is 1.81. The van der Waals surface area contributed by atoms with E-state index in [1.54, 1.807) is 12.1 Å². The van der Waals surface area contributed by atoms with E-state index in [1.165, 1.54) is 6.20 Å². The van der Waals surface area contributed by atoms with Crippen molar-refractivity contribution in [2.75, 3.05) is 11.9 Å². The summed E-state index contributed by atoms with van der Waals surface area (Å²) in [6, 6.07) is 3.24. The molecule has 5 nitrogen and oxygen atoms in total. The second kappa shape index (κ2) is 7.45. The molecule has 1 atom stereocenters. The molecule has 108 valence electrons. The molecule has 0 aromatic carbocycles. The Kier molecular flexibility index (Phi) is 6.24. The Balaban J connectivity index is 2.81. The van der Waals surface area contributed by atoms with Crippen LogP contribution in [0.4, 0.5) is 5.82 Å². The molecule has 1 aromatic heterocycles. The van der Waals surface area contributed by atoms with E-state index in [1.807, 2.05) is 20.8 Å². The first-order chi connectivity index (χ1) is 9.03. The first kappa shape index (κ1) is 15.9. The van der Waals surface area contributed by atoms with Crippen LogP contribution in [0, 0.1) is 0 Å². The lowest BCUT2D eigenvalue weighted by molar-refractivity contribution is 0.512. The Bertz CT molecular complexity index is 471. The zero-order valence-electron chi connectivity index (χ0n) is 11.8. The van der Waals surface area contributed by atoms with Crippen LogP contribution in [0.2, 0.25) is 0 Å². The Hall–Kier alpha value is -1.14. The number of nitrogens with zero attached hydrogens (tertiary/aromatic N) is 1. The summed E-state index contributed by atoms with van der Waals surface area (Å²) in [5.74, 6) is 0.682. The summed E-state index contributed by atoms with van der Waals surface area (Å²) in [6.45, 7) is 6.75. The average molecular weight is 285 g/mol. The van der Waals surface area contributed by atoms with E-state index in [0.29, 0.717) is 5.82 Å². The van der Waals surface area contributed by atoms with Gasteiger partial charge in [-0.05, 0) is 31.9 Å². The number of nitrogens with one attached hydrogen (secondary N) is 2. The smallest absolute Gasteiger partial charge is 0.242 e. The number of sulfonamides is 1. The predicted octanol–water partition coefficient (Wildman–Crippen LogP) is 2.37. The van der Waals surface area contributed by atoms with Crippen LogP contribution in [0.3, 0.4) is 0 Å². The van der Waals surface area contributed by atoms with Crippen LogP contribution in [0.15, 0.2) is 23.2 Å². The van der Waals surface area contributed by atoms with Crippen molar-refractivity contribution >= 4 is 15.8 Å². The Morgan fingerprint density at radius 3 is 2.47 bits per heavy atom. The molecule has 6 heteroatoms. The van der Waals surface area contributed by atoms with Crippen molar-refractivity contribution in [2.45, 2.75) is 51.0 Å². The monoisotopic (exact) mass is 285 g/mol. The maximum Gasteiger partial charge on any atom is 0.242 e. The number of hydrogen-bond acceptors (Lipinski definition) is 4. The average Bonchev–Trinajstić information content (AvgIpc) is 2.39. The van der Waals surface area contributed by atoms with Gasteiger partial charge in [-0.1, -0.05) is 20.3 Å². The third kappa shape index (κ3) is 4.80. The molecule has 19 heavy (non-hydrogen) atoms. The van der Waals surface area contributed by atoms with Crippen molar-refractivity contribution in [2.24, 2.45) is 0 Å². The second-order valence-electron chi connectivity index (χ2n) is 4.42. The van der Waals surface area contributed by atoms with Gasteiger partial charge in [0.05, 0.1) is 0 Å². The maximum absolute atomic E-state index is 12.2. The Morgan fingerprint density at radius 1 is 1.26 bits per heavy atom. The number of rotatable bonds is 8. The molecule has 1 rings (SSSR count). The number of hydrogen-bond donors (Lipinski definition) is 2. The normalized spacial score (nSPS) is 13.2. The molecule has 1 heterocycles. The highest BCUT2D eigenvalue weighted by Crippen LogP contribution is 2.13. The largest absolute Gasteiger partial charge is 0.370 e. The number of anilines is 1. The summed E-state index contributed by atoms with van der Waals surface area (Å²) < 4.78 is 27.1. The van der Waals surface area contributed by atoms with Crippen LogP contribution in [-0.4, -0.2) is 26.0 Å². The maximum atomic E-state index is 12.2. The Morgan fingerprint density at radius 2 is 2.00 bits per heavy atom. The molecule has 1 unspecified atom stereocenters. The van der Waals surface area contributed by atoms with Crippen LogP contribution >= 0.6 is 0 Å². The van der Waals surface area contributed by atoms with Gasteiger partial charge in [0.1, 0.15) is 10.7 Å². The third-order valence-corrected chi connectivity index (χ3v) is 4.36. The van der Waals surface area contributed by atoms with Crippen molar-refractivity contribution in [1.82, 2.24) is 9.71 Å². The molecule has 0 spiro atoms. The van der Waals surface area contributed by atoms with Gasteiger partial charge in [0.2, 0.25) is 10.0 Å². The minimum atomic E-state index is -3.47. The van der Waals surface area contributed by atoms with Gasteiger partial charge in [-0.2, -0.15) is 0 Å². The zero-order chi connectivity index (χ0) is 14.3. The molecule has 0 aliphatic rings. The van der Waals surface area contributed by atoms with E-state index in [-0.39, 0.29) is 10.9 Å². The van der Waals surface area contributed by atoms with E-state index < -0.39 is 10.0 Å². The van der Waals surface area contributed by atoms with Crippen LogP contribution in [-0.2, 0) is 10.0 Å². The Labute approximate surface area is 115 Å². The van der Waals surface area contributed by atoms with Gasteiger partial charge in [0, 0.05) is 18.8 Å². The van der Waals surface area contributed by atoms with Gasteiger partial charge in [0.25, 0.3) is 0 Å². The van der Waals surface area contributed by atoms with E-state index in [9.17, 15) is 8.42 Å². The molecule has 0 aliphatic carbocycles. The summed E-state index contributed by atoms with van der Waals surface area (Å²) in [4.78, 5) is 4.30. The molecule has 0 saturated carbocycles. The lowest BCUT2D eigenvalue weighted by atomic mass is 10.1. The van der Waals surface area contributed by atoms with Crippen molar-refractivity contribution in [3.8, 4) is 0 Å². The molecular weight excluding hydrogens is 262 g/mol. The number of pyridine rings is 1. The van der Waals surface area contributed by atoms with E-state index in [2.05, 4.69) is 15.0 Å². The summed E-state index contributed by atoms with van der Waals surface area (Å²) in [5, 5.41) is 3.03. The van der Waals surface area contributed by atoms with E-state index in [4.69, 9.17) is 0 Å². The van der Waals surface area contributed by atoms with Gasteiger partial charge < -0.3 is 5.32 Å². The fraction of sp³-hybridized carbons (Fsp3) is 0.615. The summed E-state index contributed by atoms with van der Waals surface area (Å²) in [7, 11) is -3.47. The molecule has 0 fully saturated rings. The van der Waals surface area contributed by atoms with Gasteiger partial charge >= 0.3 is 0 Å². The highest BCUT2D eigenvalue weighted by molar-refractivity contribution is 7.89. The standard InChI is InChI=1S/C13H23N3O2S/c1-4-7-11(5-2)16-19(17,18)12-8-9-13(14-6-3)15-10-12/h8-11,16H,4-7H2,1-3H3,(H,14,15). The van der Waals surface area contributed by atoms with Crippen LogP contribution in [0.5, 0.6) is 0 Å². The van der Waals surface area contributed by atoms with Gasteiger partial charge in [0.15, 0.2) is 0 Å². The summed E-state index contributed by atoms with van der Waals surface area (Å²) in [6.07, 6.45) is 3.98. The fourth-order valence-corrected chi connectivity index (χ4v) is 3.11. The summed E-state index contributed by atoms with van der Waals surface area (Å²) in [5.41, 5.74) is 0. The van der Waals surface area contributed by atoms with Crippen molar-refractivity contribution in [1.29, 1.82) is 0 Å². The lowest BCUT2D eigenvalue weighted by Crippen LogP contribution is -2.34. The molecule has 1 aromatic rings. The first-order valence-corrected chi connectivity index (χ1v) is 8.24. The molecule has 2 N–H and O–H groups in total. The van der Waals surface area contributed by atoms with Crippen LogP contribution in [0.1, 0.15) is 40.0 Å². The van der Waals surface area contributed by atoms with Crippen molar-refractivity contribution < 1.29 is 8.42 Å². The summed E-state index contributed by atoms with van der Waals surface area (Å²) >= 11 is 0. The second-order valence-corrected chi connectivity index (χ2v) is 6.14. The SMILES string of the molecule is CCCC(CC)NS(=O)(=O)c1ccc(NCC)nc1. The topological polar surface area (TPSA) is 71.1 Å². The molecular formula is C13H23N3O2S. The van der Waals surface area contributed by atoms with E-state index in [0.717, 1.165) is 25.8 Å². The molecule has 0 saturated heterocycles. The van der Waals surface area contributed by atoms with Crippen molar-refractivity contribution in [3.63, 3.8) is 0 Å². The molecule has 0 amide bonds. The van der Waals surface area contributed by atoms with Crippen LogP contribution in [0.25, 0.3) is 0 Å². The quantitative estimate of drug-likeness (QED) is 0.769. The first-order valence-electron chi connectivity index (χ1n) is 6.75. The molecule has 0 bridgehead atoms. The van der Waals surface area contributed by atoms with Gasteiger partial charge in [-0.3, -0.25) is 0 Å². The van der Waals surface area contributed by atoms with Crippen LogP contribution < -0.4 is 10.0 Å². The molecule has 0 aliphatic heterocycles. The van der Waals surface area contributed by atoms with Gasteiger partial charge in [-0.15, -0.1) is 0 Å².